The average Bonchev–Trinajstić information content (AvgIpc) is 3.28. The maximum Gasteiger partial charge on any atom is 0.274 e. The molecule has 10 heteroatoms. The molecule has 0 saturated carbocycles. The number of carbonyl (C=O) groups excluding carboxylic acids is 1. The van der Waals surface area contributed by atoms with E-state index < -0.39 is 11.2 Å². The summed E-state index contributed by atoms with van der Waals surface area (Å²) in [6, 6.07) is 5.63. The molecule has 1 amide bonds. The van der Waals surface area contributed by atoms with Crippen LogP contribution in [0.2, 0.25) is 0 Å². The van der Waals surface area contributed by atoms with Gasteiger partial charge in [-0.3, -0.25) is 9.59 Å². The highest BCUT2D eigenvalue weighted by Gasteiger charge is 2.39. The molecule has 180 valence electrons. The normalized spacial score (nSPS) is 17.8. The van der Waals surface area contributed by atoms with Gasteiger partial charge in [0.1, 0.15) is 10.8 Å². The largest absolute Gasteiger partial charge is 0.503 e. The predicted octanol–water partition coefficient (Wildman–Crippen LogP) is 3.63. The van der Waals surface area contributed by atoms with Crippen LogP contribution in [0.3, 0.4) is 0 Å². The second-order valence-corrected chi connectivity index (χ2v) is 9.31. The van der Waals surface area contributed by atoms with Gasteiger partial charge in [-0.25, -0.2) is 4.39 Å². The lowest BCUT2D eigenvalue weighted by Crippen LogP contribution is -2.53. The van der Waals surface area contributed by atoms with Crippen LogP contribution in [0.1, 0.15) is 54.3 Å². The van der Waals surface area contributed by atoms with E-state index in [1.165, 1.54) is 23.5 Å². The van der Waals surface area contributed by atoms with Gasteiger partial charge < -0.3 is 19.3 Å². The number of fused-ring (bicyclic) bond motifs is 1. The van der Waals surface area contributed by atoms with E-state index >= 15 is 0 Å². The first-order valence-corrected chi connectivity index (χ1v) is 12.1. The summed E-state index contributed by atoms with van der Waals surface area (Å²) in [5.74, 6) is -1.29. The summed E-state index contributed by atoms with van der Waals surface area (Å²) < 4.78 is 20.5. The average molecular weight is 487 g/mol. The highest BCUT2D eigenvalue weighted by atomic mass is 32.1. The predicted molar refractivity (Wildman–Crippen MR) is 127 cm³/mol. The van der Waals surface area contributed by atoms with Gasteiger partial charge in [-0.05, 0) is 38.0 Å². The van der Waals surface area contributed by atoms with Crippen LogP contribution in [0.5, 0.6) is 5.75 Å². The summed E-state index contributed by atoms with van der Waals surface area (Å²) in [6.07, 6.45) is 2.77. The van der Waals surface area contributed by atoms with Crippen molar-refractivity contribution >= 4 is 17.2 Å². The third-order valence-electron chi connectivity index (χ3n) is 5.99. The summed E-state index contributed by atoms with van der Waals surface area (Å²) in [4.78, 5) is 28.0. The van der Waals surface area contributed by atoms with Gasteiger partial charge >= 0.3 is 0 Å². The first-order chi connectivity index (χ1) is 16.3. The maximum atomic E-state index is 13.3. The number of hydrogen-bond donors (Lipinski definition) is 1. The SMILES string of the molecule is CCCN1C(=O)c2c(O)c(=O)c(-c3nnc(Cc4ccc(F)cc4)s3)cn2[C@H](C)[C@@H]1COCC. The molecule has 3 heterocycles. The van der Waals surface area contributed by atoms with Gasteiger partial charge in [0.25, 0.3) is 5.91 Å². The number of benzene rings is 1. The van der Waals surface area contributed by atoms with Crippen molar-refractivity contribution in [3.8, 4) is 16.3 Å². The van der Waals surface area contributed by atoms with Crippen molar-refractivity contribution < 1.29 is 19.0 Å². The quantitative estimate of drug-likeness (QED) is 0.522. The maximum absolute atomic E-state index is 13.3. The van der Waals surface area contributed by atoms with Crippen molar-refractivity contribution in [1.29, 1.82) is 0 Å². The van der Waals surface area contributed by atoms with Crippen LogP contribution in [-0.4, -0.2) is 56.5 Å². The third kappa shape index (κ3) is 4.47. The Balaban J connectivity index is 1.72. The minimum Gasteiger partial charge on any atom is -0.503 e. The summed E-state index contributed by atoms with van der Waals surface area (Å²) in [7, 11) is 0. The molecule has 8 nitrogen and oxygen atoms in total. The summed E-state index contributed by atoms with van der Waals surface area (Å²) in [5, 5.41) is 20.1. The lowest BCUT2D eigenvalue weighted by atomic mass is 10.0. The number of aromatic nitrogens is 3. The first kappa shape index (κ1) is 24.0. The fraction of sp³-hybridized carbons (Fsp3) is 0.417. The Morgan fingerprint density at radius 1 is 1.18 bits per heavy atom. The topological polar surface area (TPSA) is 97.5 Å². The van der Waals surface area contributed by atoms with E-state index in [0.29, 0.717) is 36.2 Å². The number of rotatable bonds is 8. The van der Waals surface area contributed by atoms with E-state index in [1.54, 1.807) is 27.8 Å². The molecular weight excluding hydrogens is 459 g/mol. The molecule has 1 aromatic carbocycles. The zero-order valence-electron chi connectivity index (χ0n) is 19.3. The fourth-order valence-electron chi connectivity index (χ4n) is 4.22. The van der Waals surface area contributed by atoms with Crippen molar-refractivity contribution in [1.82, 2.24) is 19.7 Å². The number of carbonyl (C=O) groups is 1. The minimum absolute atomic E-state index is 0.0153. The van der Waals surface area contributed by atoms with E-state index in [0.717, 1.165) is 12.0 Å². The van der Waals surface area contributed by atoms with Crippen LogP contribution in [0.4, 0.5) is 4.39 Å². The molecule has 0 spiro atoms. The van der Waals surface area contributed by atoms with Crippen LogP contribution in [0.15, 0.2) is 35.3 Å². The monoisotopic (exact) mass is 486 g/mol. The molecule has 2 atom stereocenters. The van der Waals surface area contributed by atoms with E-state index in [1.807, 2.05) is 20.8 Å². The van der Waals surface area contributed by atoms with Crippen molar-refractivity contribution in [2.75, 3.05) is 19.8 Å². The molecule has 34 heavy (non-hydrogen) atoms. The number of pyridine rings is 1. The Morgan fingerprint density at radius 2 is 1.91 bits per heavy atom. The standard InChI is InChI=1S/C24H27FN4O4S/c1-4-10-28-18(13-33-5-2)14(3)29-12-17(21(30)22(31)20(29)24(28)32)23-27-26-19(34-23)11-15-6-8-16(25)9-7-15/h6-9,12,14,18,31H,4-5,10-11,13H2,1-3H3/t14-,18+/m1/s1. The zero-order valence-corrected chi connectivity index (χ0v) is 20.1. The summed E-state index contributed by atoms with van der Waals surface area (Å²) >= 11 is 1.22. The molecule has 1 N–H and O–H groups in total. The Kier molecular flexibility index (Phi) is 7.08. The molecule has 0 saturated heterocycles. The second-order valence-electron chi connectivity index (χ2n) is 8.25. The molecule has 1 aliphatic rings. The molecule has 0 fully saturated rings. The number of hydrogen-bond acceptors (Lipinski definition) is 7. The van der Waals surface area contributed by atoms with Gasteiger partial charge in [0.15, 0.2) is 16.5 Å². The molecule has 3 aromatic rings. The first-order valence-electron chi connectivity index (χ1n) is 11.3. The third-order valence-corrected chi connectivity index (χ3v) is 6.95. The van der Waals surface area contributed by atoms with Gasteiger partial charge in [0.05, 0.1) is 24.3 Å². The fourth-order valence-corrected chi connectivity index (χ4v) is 5.10. The molecule has 4 rings (SSSR count). The molecular formula is C24H27FN4O4S. The van der Waals surface area contributed by atoms with E-state index in [2.05, 4.69) is 10.2 Å². The number of nitrogens with zero attached hydrogens (tertiary/aromatic N) is 4. The minimum atomic E-state index is -0.656. The summed E-state index contributed by atoms with van der Waals surface area (Å²) in [6.45, 7) is 7.18. The molecule has 0 radical (unpaired) electrons. The Labute approximate surface area is 200 Å². The van der Waals surface area contributed by atoms with Crippen molar-refractivity contribution in [2.24, 2.45) is 0 Å². The van der Waals surface area contributed by atoms with Crippen LogP contribution in [0, 0.1) is 5.82 Å². The Bertz CT molecular complexity index is 1240. The van der Waals surface area contributed by atoms with E-state index in [9.17, 15) is 19.1 Å². The highest BCUT2D eigenvalue weighted by molar-refractivity contribution is 7.14. The lowest BCUT2D eigenvalue weighted by molar-refractivity contribution is 0.0224. The van der Waals surface area contributed by atoms with Gasteiger partial charge in [-0.1, -0.05) is 30.4 Å². The van der Waals surface area contributed by atoms with E-state index in [-0.39, 0.29) is 35.1 Å². The molecule has 1 aliphatic heterocycles. The highest BCUT2D eigenvalue weighted by Crippen LogP contribution is 2.33. The second kappa shape index (κ2) is 10.0. The van der Waals surface area contributed by atoms with Crippen LogP contribution >= 0.6 is 11.3 Å². The molecule has 0 bridgehead atoms. The van der Waals surface area contributed by atoms with Crippen molar-refractivity contribution in [2.45, 2.75) is 45.7 Å². The van der Waals surface area contributed by atoms with Gasteiger partial charge in [-0.2, -0.15) is 0 Å². The van der Waals surface area contributed by atoms with Gasteiger partial charge in [0, 0.05) is 25.8 Å². The molecule has 2 aromatic heterocycles. The number of halogens is 1. The summed E-state index contributed by atoms with van der Waals surface area (Å²) in [5.41, 5.74) is 0.375. The van der Waals surface area contributed by atoms with Crippen LogP contribution in [-0.2, 0) is 11.2 Å². The molecule has 0 aliphatic carbocycles. The van der Waals surface area contributed by atoms with Crippen molar-refractivity contribution in [3.05, 3.63) is 62.8 Å². The Hall–Kier alpha value is -3.11. The van der Waals surface area contributed by atoms with Crippen molar-refractivity contribution in [3.63, 3.8) is 0 Å². The number of amides is 1. The lowest BCUT2D eigenvalue weighted by Gasteiger charge is -2.42. The number of aromatic hydroxyl groups is 1. The Morgan fingerprint density at radius 3 is 2.59 bits per heavy atom. The zero-order chi connectivity index (χ0) is 24.4. The smallest absolute Gasteiger partial charge is 0.274 e. The van der Waals surface area contributed by atoms with E-state index in [4.69, 9.17) is 4.74 Å². The molecule has 0 unspecified atom stereocenters. The van der Waals surface area contributed by atoms with Gasteiger partial charge in [-0.15, -0.1) is 10.2 Å². The van der Waals surface area contributed by atoms with Crippen LogP contribution in [0.25, 0.3) is 10.6 Å². The van der Waals surface area contributed by atoms with Gasteiger partial charge in [0.2, 0.25) is 5.43 Å². The van der Waals surface area contributed by atoms with Crippen LogP contribution < -0.4 is 5.43 Å². The number of ether oxygens (including phenoxy) is 1.